The van der Waals surface area contributed by atoms with Crippen molar-refractivity contribution in [1.82, 2.24) is 15.3 Å². The number of nitrogens with one attached hydrogen (secondary N) is 2. The number of nitrogens with zero attached hydrogens (tertiary/aromatic N) is 1. The average molecular weight is 206 g/mol. The van der Waals surface area contributed by atoms with Crippen molar-refractivity contribution < 1.29 is 0 Å². The molecule has 1 atom stereocenters. The fraction of sp³-hybridized carbons (Fsp3) is 0.727. The van der Waals surface area contributed by atoms with Crippen molar-refractivity contribution in [2.45, 2.75) is 43.7 Å². The van der Waals surface area contributed by atoms with Crippen LogP contribution < -0.4 is 11.1 Å². The Morgan fingerprint density at radius 3 is 3.00 bits per heavy atom. The van der Waals surface area contributed by atoms with Gasteiger partial charge in [-0.25, -0.2) is 4.98 Å². The fourth-order valence-corrected chi connectivity index (χ4v) is 3.15. The number of fused-ring (bicyclic) bond motifs is 2. The van der Waals surface area contributed by atoms with Gasteiger partial charge in [0.05, 0.1) is 17.6 Å². The summed E-state index contributed by atoms with van der Waals surface area (Å²) in [7, 11) is 0. The molecule has 4 N–H and O–H groups in total. The van der Waals surface area contributed by atoms with Crippen molar-refractivity contribution in [3.8, 4) is 0 Å². The minimum Gasteiger partial charge on any atom is -0.348 e. The van der Waals surface area contributed by atoms with E-state index in [4.69, 9.17) is 5.73 Å². The Labute approximate surface area is 89.7 Å². The molecule has 4 heteroatoms. The highest BCUT2D eigenvalue weighted by Gasteiger charge is 2.43. The second-order valence-electron chi connectivity index (χ2n) is 4.80. The quantitative estimate of drug-likeness (QED) is 0.632. The van der Waals surface area contributed by atoms with Crippen LogP contribution in [-0.4, -0.2) is 22.6 Å². The summed E-state index contributed by atoms with van der Waals surface area (Å²) in [5, 5.41) is 3.71. The Morgan fingerprint density at radius 1 is 1.47 bits per heavy atom. The van der Waals surface area contributed by atoms with Gasteiger partial charge in [0.1, 0.15) is 0 Å². The van der Waals surface area contributed by atoms with Gasteiger partial charge >= 0.3 is 0 Å². The number of H-pyrrole nitrogens is 1. The first-order valence-corrected chi connectivity index (χ1v) is 5.84. The molecular formula is C11H18N4. The first-order chi connectivity index (χ1) is 7.34. The molecule has 1 saturated carbocycles. The number of imidazole rings is 1. The number of aromatic amines is 1. The van der Waals surface area contributed by atoms with Gasteiger partial charge in [-0.3, -0.25) is 0 Å². The first kappa shape index (κ1) is 9.36. The van der Waals surface area contributed by atoms with Crippen LogP contribution in [0.25, 0.3) is 0 Å². The summed E-state index contributed by atoms with van der Waals surface area (Å²) in [5.74, 6) is 0. The topological polar surface area (TPSA) is 66.7 Å². The number of nitrogens with two attached hydrogens (primary N) is 1. The van der Waals surface area contributed by atoms with Crippen molar-refractivity contribution in [3.05, 3.63) is 17.7 Å². The van der Waals surface area contributed by atoms with Crippen molar-refractivity contribution in [3.63, 3.8) is 0 Å². The lowest BCUT2D eigenvalue weighted by atomic mass is 9.85. The maximum absolute atomic E-state index is 5.78. The predicted octanol–water partition coefficient (Wildman–Crippen LogP) is 0.652. The Balaban J connectivity index is 2.01. The molecule has 1 spiro atoms. The third-order valence-corrected chi connectivity index (χ3v) is 3.84. The molecule has 82 valence electrons. The third kappa shape index (κ3) is 1.32. The SMILES string of the molecule is NCC1Cc2[nH]cnc2C2(CCCC2)N1. The maximum atomic E-state index is 5.78. The minimum absolute atomic E-state index is 0.137. The summed E-state index contributed by atoms with van der Waals surface area (Å²) in [5.41, 5.74) is 8.47. The molecule has 0 radical (unpaired) electrons. The van der Waals surface area contributed by atoms with Gasteiger partial charge < -0.3 is 16.0 Å². The molecule has 2 aliphatic rings. The minimum atomic E-state index is 0.137. The van der Waals surface area contributed by atoms with Crippen LogP contribution in [0.4, 0.5) is 0 Å². The molecule has 0 aromatic carbocycles. The number of rotatable bonds is 1. The molecule has 1 aliphatic heterocycles. The van der Waals surface area contributed by atoms with E-state index in [2.05, 4.69) is 15.3 Å². The van der Waals surface area contributed by atoms with E-state index in [9.17, 15) is 0 Å². The number of hydrogen-bond acceptors (Lipinski definition) is 3. The van der Waals surface area contributed by atoms with Crippen molar-refractivity contribution >= 4 is 0 Å². The lowest BCUT2D eigenvalue weighted by Crippen LogP contribution is -2.54. The third-order valence-electron chi connectivity index (χ3n) is 3.84. The van der Waals surface area contributed by atoms with Crippen molar-refractivity contribution in [2.75, 3.05) is 6.54 Å². The summed E-state index contributed by atoms with van der Waals surface area (Å²) in [4.78, 5) is 7.77. The maximum Gasteiger partial charge on any atom is 0.0926 e. The summed E-state index contributed by atoms with van der Waals surface area (Å²) in [6.07, 6.45) is 7.84. The van der Waals surface area contributed by atoms with Crippen LogP contribution in [-0.2, 0) is 12.0 Å². The Hall–Kier alpha value is -0.870. The van der Waals surface area contributed by atoms with Gasteiger partial charge in [-0.05, 0) is 12.8 Å². The van der Waals surface area contributed by atoms with Crippen LogP contribution in [0.15, 0.2) is 6.33 Å². The zero-order valence-corrected chi connectivity index (χ0v) is 8.92. The highest BCUT2D eigenvalue weighted by Crippen LogP contribution is 2.41. The Morgan fingerprint density at radius 2 is 2.27 bits per heavy atom. The number of aromatic nitrogens is 2. The molecule has 2 heterocycles. The van der Waals surface area contributed by atoms with E-state index in [1.165, 1.54) is 37.1 Å². The molecule has 1 aromatic heterocycles. The Kier molecular flexibility index (Phi) is 2.07. The zero-order chi connectivity index (χ0) is 10.3. The normalized spacial score (nSPS) is 28.2. The lowest BCUT2D eigenvalue weighted by molar-refractivity contribution is 0.264. The van der Waals surface area contributed by atoms with E-state index in [-0.39, 0.29) is 5.54 Å². The second kappa shape index (κ2) is 3.32. The molecule has 0 amide bonds. The smallest absolute Gasteiger partial charge is 0.0926 e. The van der Waals surface area contributed by atoms with Gasteiger partial charge in [0.15, 0.2) is 0 Å². The molecule has 1 aromatic rings. The first-order valence-electron chi connectivity index (χ1n) is 5.84. The standard InChI is InChI=1S/C11H18N4/c12-6-8-5-9-10(14-7-13-9)11(15-8)3-1-2-4-11/h7-8,15H,1-6,12H2,(H,13,14). The van der Waals surface area contributed by atoms with E-state index in [1.54, 1.807) is 0 Å². The highest BCUT2D eigenvalue weighted by atomic mass is 15.1. The second-order valence-corrected chi connectivity index (χ2v) is 4.80. The lowest BCUT2D eigenvalue weighted by Gasteiger charge is -2.38. The Bertz CT molecular complexity index is 351. The molecule has 1 fully saturated rings. The summed E-state index contributed by atoms with van der Waals surface area (Å²) < 4.78 is 0. The van der Waals surface area contributed by atoms with Crippen molar-refractivity contribution in [1.29, 1.82) is 0 Å². The van der Waals surface area contributed by atoms with E-state index in [1.807, 2.05) is 6.33 Å². The molecule has 0 bridgehead atoms. The van der Waals surface area contributed by atoms with E-state index < -0.39 is 0 Å². The molecule has 1 aliphatic carbocycles. The van der Waals surface area contributed by atoms with E-state index in [0.717, 1.165) is 6.42 Å². The monoisotopic (exact) mass is 206 g/mol. The predicted molar refractivity (Wildman–Crippen MR) is 58.4 cm³/mol. The highest BCUT2D eigenvalue weighted by molar-refractivity contribution is 5.27. The van der Waals surface area contributed by atoms with Crippen molar-refractivity contribution in [2.24, 2.45) is 5.73 Å². The zero-order valence-electron chi connectivity index (χ0n) is 8.92. The van der Waals surface area contributed by atoms with Gasteiger partial charge in [0, 0.05) is 24.7 Å². The van der Waals surface area contributed by atoms with Crippen LogP contribution in [0.3, 0.4) is 0 Å². The van der Waals surface area contributed by atoms with Gasteiger partial charge in [-0.15, -0.1) is 0 Å². The summed E-state index contributed by atoms with van der Waals surface area (Å²) in [6.45, 7) is 0.709. The van der Waals surface area contributed by atoms with Crippen LogP contribution >= 0.6 is 0 Å². The fourth-order valence-electron chi connectivity index (χ4n) is 3.15. The van der Waals surface area contributed by atoms with Crippen LogP contribution in [0, 0.1) is 0 Å². The van der Waals surface area contributed by atoms with Gasteiger partial charge in [0.25, 0.3) is 0 Å². The van der Waals surface area contributed by atoms with Crippen LogP contribution in [0.5, 0.6) is 0 Å². The van der Waals surface area contributed by atoms with Crippen LogP contribution in [0.1, 0.15) is 37.1 Å². The van der Waals surface area contributed by atoms with Gasteiger partial charge in [0.2, 0.25) is 0 Å². The van der Waals surface area contributed by atoms with Gasteiger partial charge in [-0.1, -0.05) is 12.8 Å². The summed E-state index contributed by atoms with van der Waals surface area (Å²) in [6, 6.07) is 0.413. The largest absolute Gasteiger partial charge is 0.348 e. The van der Waals surface area contributed by atoms with Crippen LogP contribution in [0.2, 0.25) is 0 Å². The summed E-state index contributed by atoms with van der Waals surface area (Å²) >= 11 is 0. The number of hydrogen-bond donors (Lipinski definition) is 3. The molecule has 1 unspecified atom stereocenters. The van der Waals surface area contributed by atoms with Gasteiger partial charge in [-0.2, -0.15) is 0 Å². The molecular weight excluding hydrogens is 188 g/mol. The molecule has 0 saturated heterocycles. The molecule has 15 heavy (non-hydrogen) atoms. The van der Waals surface area contributed by atoms with E-state index >= 15 is 0 Å². The molecule has 3 rings (SSSR count). The van der Waals surface area contributed by atoms with E-state index in [0.29, 0.717) is 12.6 Å². The molecule has 4 nitrogen and oxygen atoms in total. The average Bonchev–Trinajstić information content (AvgIpc) is 2.87.